The van der Waals surface area contributed by atoms with Crippen LogP contribution in [0.5, 0.6) is 5.75 Å². The summed E-state index contributed by atoms with van der Waals surface area (Å²) in [6.07, 6.45) is 1.78. The fourth-order valence-electron chi connectivity index (χ4n) is 2.28. The summed E-state index contributed by atoms with van der Waals surface area (Å²) in [5.41, 5.74) is 1.00. The van der Waals surface area contributed by atoms with E-state index in [9.17, 15) is 9.59 Å². The summed E-state index contributed by atoms with van der Waals surface area (Å²) < 4.78 is 10.3. The summed E-state index contributed by atoms with van der Waals surface area (Å²) >= 11 is 2.97. The summed E-state index contributed by atoms with van der Waals surface area (Å²) in [6.45, 7) is -0.372. The molecule has 2 aromatic heterocycles. The van der Waals surface area contributed by atoms with Gasteiger partial charge in [0.1, 0.15) is 5.75 Å². The number of nitrogens with one attached hydrogen (secondary N) is 1. The van der Waals surface area contributed by atoms with Crippen molar-refractivity contribution >= 4 is 51.9 Å². The lowest BCUT2D eigenvalue weighted by Crippen LogP contribution is -2.21. The highest BCUT2D eigenvalue weighted by Crippen LogP contribution is 2.26. The van der Waals surface area contributed by atoms with Gasteiger partial charge in [0.2, 0.25) is 0 Å². The molecule has 0 aliphatic heterocycles. The molecule has 1 amide bonds. The van der Waals surface area contributed by atoms with Crippen molar-refractivity contribution in [3.63, 3.8) is 0 Å². The highest BCUT2D eigenvalue weighted by Gasteiger charge is 2.17. The molecule has 0 aliphatic carbocycles. The van der Waals surface area contributed by atoms with Gasteiger partial charge < -0.3 is 14.8 Å². The first-order chi connectivity index (χ1) is 13.2. The van der Waals surface area contributed by atoms with Gasteiger partial charge in [0.25, 0.3) is 5.91 Å². The third kappa shape index (κ3) is 5.29. The lowest BCUT2D eigenvalue weighted by atomic mass is 10.2. The van der Waals surface area contributed by atoms with Gasteiger partial charge in [-0.15, -0.1) is 22.7 Å². The average molecular weight is 399 g/mol. The van der Waals surface area contributed by atoms with Gasteiger partial charge in [-0.1, -0.05) is 18.2 Å². The highest BCUT2D eigenvalue weighted by atomic mass is 32.1. The van der Waals surface area contributed by atoms with E-state index in [1.165, 1.54) is 22.7 Å². The van der Waals surface area contributed by atoms with Gasteiger partial charge in [-0.3, -0.25) is 4.79 Å². The largest absolute Gasteiger partial charge is 0.497 e. The number of amides is 1. The van der Waals surface area contributed by atoms with Crippen LogP contribution in [0.15, 0.2) is 59.3 Å². The molecule has 3 rings (SSSR count). The molecule has 0 fully saturated rings. The summed E-state index contributed by atoms with van der Waals surface area (Å²) in [6, 6.07) is 14.5. The number of carbonyl (C=O) groups excluding carboxylic acids is 2. The molecule has 1 aromatic carbocycles. The van der Waals surface area contributed by atoms with Crippen LogP contribution in [0, 0.1) is 0 Å². The molecule has 0 saturated carbocycles. The van der Waals surface area contributed by atoms with Gasteiger partial charge >= 0.3 is 5.97 Å². The number of hydrogen-bond acceptors (Lipinski definition) is 6. The molecule has 0 bridgehead atoms. The predicted octanol–water partition coefficient (Wildman–Crippen LogP) is 4.54. The molecule has 0 unspecified atom stereocenters. The second kappa shape index (κ2) is 9.16. The van der Waals surface area contributed by atoms with E-state index < -0.39 is 11.9 Å². The lowest BCUT2D eigenvalue weighted by Gasteiger charge is -2.09. The van der Waals surface area contributed by atoms with Crippen LogP contribution < -0.4 is 10.1 Å². The van der Waals surface area contributed by atoms with Crippen molar-refractivity contribution < 1.29 is 19.1 Å². The van der Waals surface area contributed by atoms with Crippen LogP contribution in [0.2, 0.25) is 0 Å². The van der Waals surface area contributed by atoms with Crippen LogP contribution in [-0.2, 0) is 14.3 Å². The SMILES string of the molecule is COc1cccc(NC(=O)COC(=O)/C(=C/c2cccs2)c2cccs2)c1. The first kappa shape index (κ1) is 18.9. The minimum absolute atomic E-state index is 0.372. The van der Waals surface area contributed by atoms with Crippen molar-refractivity contribution in [1.29, 1.82) is 0 Å². The van der Waals surface area contributed by atoms with Crippen LogP contribution in [-0.4, -0.2) is 25.6 Å². The van der Waals surface area contributed by atoms with Crippen molar-refractivity contribution in [2.24, 2.45) is 0 Å². The molecule has 138 valence electrons. The normalized spacial score (nSPS) is 11.1. The summed E-state index contributed by atoms with van der Waals surface area (Å²) in [5, 5.41) is 6.50. The fraction of sp³-hybridized carbons (Fsp3) is 0.100. The quantitative estimate of drug-likeness (QED) is 0.468. The fourth-order valence-corrected chi connectivity index (χ4v) is 3.67. The third-order valence-electron chi connectivity index (χ3n) is 3.52. The standard InChI is InChI=1S/C20H17NO4S2/c1-24-15-6-2-5-14(11-15)21-19(22)13-25-20(23)17(18-8-4-10-27-18)12-16-7-3-9-26-16/h2-12H,13H2,1H3,(H,21,22)/b17-12+. The number of anilines is 1. The molecule has 1 N–H and O–H groups in total. The van der Waals surface area contributed by atoms with E-state index in [4.69, 9.17) is 9.47 Å². The Morgan fingerprint density at radius 2 is 1.89 bits per heavy atom. The van der Waals surface area contributed by atoms with Gasteiger partial charge in [-0.2, -0.15) is 0 Å². The Labute approximate surface area is 164 Å². The number of rotatable bonds is 7. The molecule has 5 nitrogen and oxygen atoms in total. The molecule has 2 heterocycles. The molecule has 0 saturated heterocycles. The van der Waals surface area contributed by atoms with E-state index in [2.05, 4.69) is 5.32 Å². The second-order valence-corrected chi connectivity index (χ2v) is 7.33. The monoisotopic (exact) mass is 399 g/mol. The molecule has 27 heavy (non-hydrogen) atoms. The number of carbonyl (C=O) groups is 2. The summed E-state index contributed by atoms with van der Waals surface area (Å²) in [5.74, 6) is -0.325. The van der Waals surface area contributed by atoms with Crippen LogP contribution in [0.25, 0.3) is 11.6 Å². The molecule has 7 heteroatoms. The topological polar surface area (TPSA) is 64.6 Å². The predicted molar refractivity (Wildman–Crippen MR) is 109 cm³/mol. The van der Waals surface area contributed by atoms with Crippen molar-refractivity contribution in [3.8, 4) is 5.75 Å². The van der Waals surface area contributed by atoms with Crippen molar-refractivity contribution in [1.82, 2.24) is 0 Å². The molecule has 0 aliphatic rings. The Balaban J connectivity index is 1.64. The van der Waals surface area contributed by atoms with Crippen LogP contribution >= 0.6 is 22.7 Å². The maximum absolute atomic E-state index is 12.5. The van der Waals surface area contributed by atoms with E-state index in [0.29, 0.717) is 17.0 Å². The number of hydrogen-bond donors (Lipinski definition) is 1. The van der Waals surface area contributed by atoms with Crippen molar-refractivity contribution in [3.05, 3.63) is 69.0 Å². The zero-order chi connectivity index (χ0) is 19.1. The van der Waals surface area contributed by atoms with E-state index in [0.717, 1.165) is 9.75 Å². The second-order valence-electron chi connectivity index (χ2n) is 5.41. The number of thiophene rings is 2. The molecule has 0 radical (unpaired) electrons. The van der Waals surface area contributed by atoms with Gasteiger partial charge in [0.15, 0.2) is 6.61 Å². The van der Waals surface area contributed by atoms with E-state index in [1.807, 2.05) is 35.0 Å². The number of ether oxygens (including phenoxy) is 2. The zero-order valence-electron chi connectivity index (χ0n) is 14.5. The third-order valence-corrected chi connectivity index (χ3v) is 5.25. The summed E-state index contributed by atoms with van der Waals surface area (Å²) in [7, 11) is 1.55. The Bertz CT molecular complexity index is 931. The zero-order valence-corrected chi connectivity index (χ0v) is 16.1. The van der Waals surface area contributed by atoms with Gasteiger partial charge in [0, 0.05) is 21.5 Å². The average Bonchev–Trinajstić information content (AvgIpc) is 3.38. The summed E-state index contributed by atoms with van der Waals surface area (Å²) in [4.78, 5) is 26.4. The Morgan fingerprint density at radius 1 is 1.07 bits per heavy atom. The van der Waals surface area contributed by atoms with E-state index >= 15 is 0 Å². The van der Waals surface area contributed by atoms with Gasteiger partial charge in [0.05, 0.1) is 12.7 Å². The molecular weight excluding hydrogens is 382 g/mol. The lowest BCUT2D eigenvalue weighted by molar-refractivity contribution is -0.141. The molecule has 3 aromatic rings. The number of benzene rings is 1. The van der Waals surface area contributed by atoms with Gasteiger partial charge in [-0.25, -0.2) is 4.79 Å². The smallest absolute Gasteiger partial charge is 0.340 e. The maximum Gasteiger partial charge on any atom is 0.340 e. The van der Waals surface area contributed by atoms with Crippen molar-refractivity contribution in [2.75, 3.05) is 19.0 Å². The first-order valence-corrected chi connectivity index (χ1v) is 9.82. The van der Waals surface area contributed by atoms with Crippen LogP contribution in [0.1, 0.15) is 9.75 Å². The number of esters is 1. The van der Waals surface area contributed by atoms with Gasteiger partial charge in [-0.05, 0) is 41.1 Å². The molecule has 0 atom stereocenters. The van der Waals surface area contributed by atoms with E-state index in [-0.39, 0.29) is 6.61 Å². The Hall–Kier alpha value is -2.90. The number of methoxy groups -OCH3 is 1. The first-order valence-electron chi connectivity index (χ1n) is 8.06. The minimum Gasteiger partial charge on any atom is -0.497 e. The Morgan fingerprint density at radius 3 is 2.59 bits per heavy atom. The minimum atomic E-state index is -0.536. The molecule has 0 spiro atoms. The van der Waals surface area contributed by atoms with Crippen molar-refractivity contribution in [2.45, 2.75) is 0 Å². The highest BCUT2D eigenvalue weighted by molar-refractivity contribution is 7.12. The van der Waals surface area contributed by atoms with E-state index in [1.54, 1.807) is 37.5 Å². The Kier molecular flexibility index (Phi) is 6.40. The maximum atomic E-state index is 12.5. The van der Waals surface area contributed by atoms with Crippen LogP contribution in [0.3, 0.4) is 0 Å². The van der Waals surface area contributed by atoms with Crippen LogP contribution in [0.4, 0.5) is 5.69 Å². The molecular formula is C20H17NO4S2.